The highest BCUT2D eigenvalue weighted by Crippen LogP contribution is 2.44. The second-order valence-corrected chi connectivity index (χ2v) is 17.6. The predicted octanol–water partition coefficient (Wildman–Crippen LogP) is 2.49. The lowest BCUT2D eigenvalue weighted by atomic mass is 9.63. The van der Waals surface area contributed by atoms with Crippen molar-refractivity contribution in [2.75, 3.05) is 20.1 Å². The van der Waals surface area contributed by atoms with Crippen molar-refractivity contribution in [3.8, 4) is 0 Å². The van der Waals surface area contributed by atoms with Gasteiger partial charge in [0, 0.05) is 26.6 Å². The standard InChI is InChI=1S/C42H64N6O10/c1-25(2)23-29(39(55)56)44-38(54)34(42(40(57)58)19-14-20-42)46-35(51)28(24-31(50)48-21-12-13-22-48)43-37(53)33(41(5,6)7)45-36(52)32(26(3)4)47(8)30(49)18-17-27-15-10-9-11-16-27/h9-11,15-16,25-26,28-29,32-34H,12-14,17-24H2,1-8H3,(H,43,53)(H,44,54)(H,45,52)(H,46,51)(H,55,56)(H,57,58)/t28-,29-,32-,33+,34+/m0/s1. The third kappa shape index (κ3) is 12.5. The summed E-state index contributed by atoms with van der Waals surface area (Å²) in [6, 6.07) is 2.50. The van der Waals surface area contributed by atoms with Crippen molar-refractivity contribution in [1.82, 2.24) is 31.1 Å². The molecule has 6 amide bonds. The van der Waals surface area contributed by atoms with Crippen LogP contribution in [0.25, 0.3) is 0 Å². The number of nitrogens with zero attached hydrogens (tertiary/aromatic N) is 2. The number of nitrogens with one attached hydrogen (secondary N) is 4. The molecule has 1 aromatic rings. The molecule has 0 aromatic heterocycles. The van der Waals surface area contributed by atoms with Gasteiger partial charge in [0.05, 0.1) is 11.8 Å². The van der Waals surface area contributed by atoms with Crippen LogP contribution >= 0.6 is 0 Å². The maximum atomic E-state index is 14.3. The Labute approximate surface area is 341 Å². The summed E-state index contributed by atoms with van der Waals surface area (Å²) in [5, 5.41) is 30.5. The molecule has 1 aromatic carbocycles. The number of hydrogen-bond donors (Lipinski definition) is 6. The number of benzene rings is 1. The zero-order valence-corrected chi connectivity index (χ0v) is 35.3. The minimum absolute atomic E-state index is 0.0186. The van der Waals surface area contributed by atoms with E-state index in [1.165, 1.54) is 11.9 Å². The van der Waals surface area contributed by atoms with Gasteiger partial charge in [0.1, 0.15) is 30.2 Å². The topological polar surface area (TPSA) is 232 Å². The van der Waals surface area contributed by atoms with Gasteiger partial charge in [-0.25, -0.2) is 4.79 Å². The van der Waals surface area contributed by atoms with Crippen LogP contribution in [-0.4, -0.2) is 118 Å². The number of amides is 6. The van der Waals surface area contributed by atoms with Crippen LogP contribution in [0.4, 0.5) is 0 Å². The summed E-state index contributed by atoms with van der Waals surface area (Å²) in [6.07, 6.45) is 2.10. The molecular formula is C42H64N6O10. The number of carboxylic acids is 2. The van der Waals surface area contributed by atoms with Crippen LogP contribution < -0.4 is 21.3 Å². The Kier molecular flexibility index (Phi) is 16.8. The largest absolute Gasteiger partial charge is 0.481 e. The van der Waals surface area contributed by atoms with Crippen molar-refractivity contribution < 1.29 is 48.6 Å². The highest BCUT2D eigenvalue weighted by atomic mass is 16.4. The molecule has 0 unspecified atom stereocenters. The summed E-state index contributed by atoms with van der Waals surface area (Å²) < 4.78 is 0. The Morgan fingerprint density at radius 1 is 0.776 bits per heavy atom. The van der Waals surface area contributed by atoms with Crippen LogP contribution in [0.2, 0.25) is 0 Å². The summed E-state index contributed by atoms with van der Waals surface area (Å²) in [6.45, 7) is 13.1. The van der Waals surface area contributed by atoms with Gasteiger partial charge in [-0.3, -0.25) is 33.6 Å². The summed E-state index contributed by atoms with van der Waals surface area (Å²) in [5.74, 6) is -7.37. The molecule has 3 rings (SSSR count). The molecule has 0 radical (unpaired) electrons. The van der Waals surface area contributed by atoms with Gasteiger partial charge in [-0.2, -0.15) is 0 Å². The van der Waals surface area contributed by atoms with E-state index in [4.69, 9.17) is 0 Å². The Bertz CT molecular complexity index is 1650. The molecule has 1 aliphatic carbocycles. The van der Waals surface area contributed by atoms with E-state index in [2.05, 4.69) is 21.3 Å². The van der Waals surface area contributed by atoms with Gasteiger partial charge in [-0.05, 0) is 61.3 Å². The minimum atomic E-state index is -1.76. The van der Waals surface area contributed by atoms with Crippen molar-refractivity contribution in [2.24, 2.45) is 22.7 Å². The average molecular weight is 813 g/mol. The fraction of sp³-hybridized carbons (Fsp3) is 0.667. The second-order valence-electron chi connectivity index (χ2n) is 17.6. The molecule has 1 aliphatic heterocycles. The SMILES string of the molecule is CC(C)C[C@H](NC(=O)[C@@H](NC(=O)[C@H](CC(=O)N1CCCC1)NC(=O)[C@@H](NC(=O)[C@H](C(C)C)N(C)C(=O)CCc1ccccc1)C(C)(C)C)C1(C(=O)O)CCC1)C(=O)O. The number of carboxylic acid groups (broad SMARTS) is 2. The summed E-state index contributed by atoms with van der Waals surface area (Å²) in [7, 11) is 1.54. The number of likely N-dealkylation sites (tertiary alicyclic amines) is 1. The maximum absolute atomic E-state index is 14.3. The first-order valence-electron chi connectivity index (χ1n) is 20.3. The fourth-order valence-corrected chi connectivity index (χ4v) is 7.62. The van der Waals surface area contributed by atoms with E-state index in [1.54, 1.807) is 53.4 Å². The van der Waals surface area contributed by atoms with Gasteiger partial charge in [0.25, 0.3) is 0 Å². The number of hydrogen-bond acceptors (Lipinski definition) is 8. The van der Waals surface area contributed by atoms with Crippen LogP contribution in [0, 0.1) is 22.7 Å². The quantitative estimate of drug-likeness (QED) is 0.113. The van der Waals surface area contributed by atoms with E-state index in [1.807, 2.05) is 30.3 Å². The average Bonchev–Trinajstić information content (AvgIpc) is 3.66. The van der Waals surface area contributed by atoms with Crippen molar-refractivity contribution in [1.29, 1.82) is 0 Å². The van der Waals surface area contributed by atoms with E-state index in [0.29, 0.717) is 25.9 Å². The van der Waals surface area contributed by atoms with Crippen LogP contribution in [0.15, 0.2) is 30.3 Å². The number of aryl methyl sites for hydroxylation is 1. The lowest BCUT2D eigenvalue weighted by Gasteiger charge is -2.43. The van der Waals surface area contributed by atoms with E-state index in [-0.39, 0.29) is 43.4 Å². The zero-order chi connectivity index (χ0) is 43.5. The summed E-state index contributed by atoms with van der Waals surface area (Å²) >= 11 is 0. The first-order valence-corrected chi connectivity index (χ1v) is 20.3. The van der Waals surface area contributed by atoms with Gasteiger partial charge < -0.3 is 41.3 Å². The van der Waals surface area contributed by atoms with Crippen molar-refractivity contribution in [3.05, 3.63) is 35.9 Å². The molecule has 6 N–H and O–H groups in total. The molecule has 1 saturated carbocycles. The highest BCUT2D eigenvalue weighted by molar-refractivity contribution is 6.00. The number of carbonyl (C=O) groups is 8. The van der Waals surface area contributed by atoms with Gasteiger partial charge in [0.15, 0.2) is 0 Å². The van der Waals surface area contributed by atoms with E-state index >= 15 is 0 Å². The van der Waals surface area contributed by atoms with E-state index in [0.717, 1.165) is 18.4 Å². The minimum Gasteiger partial charge on any atom is -0.481 e. The van der Waals surface area contributed by atoms with Crippen LogP contribution in [-0.2, 0) is 44.8 Å². The Morgan fingerprint density at radius 3 is 1.84 bits per heavy atom. The molecule has 5 atom stereocenters. The molecule has 1 saturated heterocycles. The molecule has 322 valence electrons. The second kappa shape index (κ2) is 20.6. The number of aliphatic carboxylic acids is 2. The number of carbonyl (C=O) groups excluding carboxylic acids is 6. The number of rotatable bonds is 20. The number of likely N-dealkylation sites (N-methyl/N-ethyl adjacent to an activating group) is 1. The van der Waals surface area contributed by atoms with Gasteiger partial charge in [-0.15, -0.1) is 0 Å². The Balaban J connectivity index is 1.91. The van der Waals surface area contributed by atoms with Crippen molar-refractivity contribution in [3.63, 3.8) is 0 Å². The smallest absolute Gasteiger partial charge is 0.326 e. The van der Waals surface area contributed by atoms with E-state index < -0.39 is 88.9 Å². The van der Waals surface area contributed by atoms with E-state index in [9.17, 15) is 48.6 Å². The Hall–Kier alpha value is -5.02. The van der Waals surface area contributed by atoms with Crippen LogP contribution in [0.5, 0.6) is 0 Å². The molecule has 58 heavy (non-hydrogen) atoms. The Morgan fingerprint density at radius 2 is 1.36 bits per heavy atom. The van der Waals surface area contributed by atoms with Crippen LogP contribution in [0.3, 0.4) is 0 Å². The molecular weight excluding hydrogens is 748 g/mol. The van der Waals surface area contributed by atoms with Crippen molar-refractivity contribution in [2.45, 2.75) is 136 Å². The molecule has 16 heteroatoms. The zero-order valence-electron chi connectivity index (χ0n) is 35.3. The molecule has 0 spiro atoms. The highest BCUT2D eigenvalue weighted by Gasteiger charge is 2.55. The third-order valence-corrected chi connectivity index (χ3v) is 11.2. The molecule has 0 bridgehead atoms. The predicted molar refractivity (Wildman–Crippen MR) is 215 cm³/mol. The van der Waals surface area contributed by atoms with Gasteiger partial charge >= 0.3 is 11.9 Å². The summed E-state index contributed by atoms with van der Waals surface area (Å²) in [5.41, 5.74) is -1.75. The summed E-state index contributed by atoms with van der Waals surface area (Å²) in [4.78, 5) is 111. The lowest BCUT2D eigenvalue weighted by Crippen LogP contribution is -2.66. The van der Waals surface area contributed by atoms with Crippen LogP contribution in [0.1, 0.15) is 105 Å². The molecule has 1 heterocycles. The fourth-order valence-electron chi connectivity index (χ4n) is 7.62. The van der Waals surface area contributed by atoms with Gasteiger partial charge in [0.2, 0.25) is 35.4 Å². The van der Waals surface area contributed by atoms with Crippen molar-refractivity contribution >= 4 is 47.4 Å². The lowest BCUT2D eigenvalue weighted by molar-refractivity contribution is -0.162. The monoisotopic (exact) mass is 812 g/mol. The normalized spacial score (nSPS) is 17.5. The first kappa shape index (κ1) is 47.4. The van der Waals surface area contributed by atoms with Gasteiger partial charge in [-0.1, -0.05) is 85.2 Å². The molecule has 2 aliphatic rings. The molecule has 16 nitrogen and oxygen atoms in total. The first-order chi connectivity index (χ1) is 27.1. The maximum Gasteiger partial charge on any atom is 0.326 e. The molecule has 2 fully saturated rings. The third-order valence-electron chi connectivity index (χ3n) is 11.2.